The summed E-state index contributed by atoms with van der Waals surface area (Å²) in [5, 5.41) is 12.1. The molecule has 6 N–H and O–H groups in total. The van der Waals surface area contributed by atoms with Crippen molar-refractivity contribution in [2.24, 2.45) is 16.5 Å². The zero-order valence-corrected chi connectivity index (χ0v) is 22.6. The number of carbonyl (C=O) groups is 2. The van der Waals surface area contributed by atoms with Gasteiger partial charge in [-0.1, -0.05) is 30.3 Å². The molecule has 0 saturated carbocycles. The van der Waals surface area contributed by atoms with Crippen molar-refractivity contribution in [3.8, 4) is 5.75 Å². The van der Waals surface area contributed by atoms with Gasteiger partial charge >= 0.3 is 11.8 Å². The van der Waals surface area contributed by atoms with E-state index in [1.165, 1.54) is 0 Å². The number of ether oxygens (including phenoxy) is 1. The van der Waals surface area contributed by atoms with Crippen LogP contribution >= 0.6 is 24.8 Å². The number of fused-ring (bicyclic) bond motifs is 1. The summed E-state index contributed by atoms with van der Waals surface area (Å²) in [6.45, 7) is 3.66. The van der Waals surface area contributed by atoms with Crippen molar-refractivity contribution in [3.05, 3.63) is 71.8 Å². The average Bonchev–Trinajstić information content (AvgIpc) is 2.88. The number of piperidine rings is 1. The summed E-state index contributed by atoms with van der Waals surface area (Å²) in [5.41, 5.74) is 13.7. The SMILES string of the molecule is CC(=N)N1CCC(Oc2ccc(N=C(N)c3cccc4ccc(CNC(=O)C(N)=O)cc34)cc2)CC1.Cl.Cl. The minimum absolute atomic E-state index is 0. The first-order valence-electron chi connectivity index (χ1n) is 11.8. The van der Waals surface area contributed by atoms with Gasteiger partial charge in [-0.25, -0.2) is 4.99 Å². The smallest absolute Gasteiger partial charge is 0.309 e. The predicted octanol–water partition coefficient (Wildman–Crippen LogP) is 3.66. The van der Waals surface area contributed by atoms with Crippen molar-refractivity contribution in [2.45, 2.75) is 32.4 Å². The van der Waals surface area contributed by atoms with Crippen LogP contribution in [0.1, 0.15) is 30.9 Å². The molecule has 4 rings (SSSR count). The number of benzene rings is 3. The molecular weight excluding hydrogens is 527 g/mol. The number of nitrogens with zero attached hydrogens (tertiary/aromatic N) is 2. The van der Waals surface area contributed by atoms with Crippen LogP contribution in [0.5, 0.6) is 5.75 Å². The molecule has 1 fully saturated rings. The molecule has 2 amide bonds. The van der Waals surface area contributed by atoms with Crippen LogP contribution < -0.4 is 21.5 Å². The number of hydrogen-bond donors (Lipinski definition) is 4. The van der Waals surface area contributed by atoms with E-state index in [0.717, 1.165) is 53.6 Å². The van der Waals surface area contributed by atoms with Crippen LogP contribution in [0.4, 0.5) is 5.69 Å². The first kappa shape index (κ1) is 30.4. The molecule has 0 bridgehead atoms. The third-order valence-electron chi connectivity index (χ3n) is 6.20. The molecule has 0 aliphatic carbocycles. The van der Waals surface area contributed by atoms with Crippen LogP contribution in [0, 0.1) is 5.41 Å². The molecule has 202 valence electrons. The van der Waals surface area contributed by atoms with E-state index in [1.807, 2.05) is 67.6 Å². The van der Waals surface area contributed by atoms with Crippen LogP contribution in [0.25, 0.3) is 10.8 Å². The zero-order valence-electron chi connectivity index (χ0n) is 21.0. The Hall–Kier alpha value is -3.82. The molecule has 0 atom stereocenters. The van der Waals surface area contributed by atoms with E-state index in [9.17, 15) is 9.59 Å². The summed E-state index contributed by atoms with van der Waals surface area (Å²) in [6.07, 6.45) is 1.91. The second-order valence-electron chi connectivity index (χ2n) is 8.79. The number of rotatable bonds is 6. The van der Waals surface area contributed by atoms with E-state index in [4.69, 9.17) is 21.6 Å². The number of amidine groups is 2. The van der Waals surface area contributed by atoms with Gasteiger partial charge in [0, 0.05) is 38.0 Å². The van der Waals surface area contributed by atoms with Gasteiger partial charge in [0.2, 0.25) is 0 Å². The quantitative estimate of drug-likeness (QED) is 0.207. The number of primary amides is 1. The number of aliphatic imine (C=N–C) groups is 1. The summed E-state index contributed by atoms with van der Waals surface area (Å²) in [7, 11) is 0. The summed E-state index contributed by atoms with van der Waals surface area (Å²) >= 11 is 0. The monoisotopic (exact) mass is 558 g/mol. The molecule has 9 nitrogen and oxygen atoms in total. The van der Waals surface area contributed by atoms with Crippen molar-refractivity contribution in [1.82, 2.24) is 10.2 Å². The number of carbonyl (C=O) groups excluding carboxylic acids is 2. The lowest BCUT2D eigenvalue weighted by molar-refractivity contribution is -0.137. The minimum atomic E-state index is -1.02. The van der Waals surface area contributed by atoms with Crippen LogP contribution in [0.15, 0.2) is 65.7 Å². The Labute approximate surface area is 233 Å². The second-order valence-corrected chi connectivity index (χ2v) is 8.79. The third kappa shape index (κ3) is 7.60. The topological polar surface area (TPSA) is 147 Å². The maximum absolute atomic E-state index is 11.5. The lowest BCUT2D eigenvalue weighted by atomic mass is 10.0. The highest BCUT2D eigenvalue weighted by Crippen LogP contribution is 2.25. The van der Waals surface area contributed by atoms with Gasteiger partial charge in [0.25, 0.3) is 0 Å². The minimum Gasteiger partial charge on any atom is -0.490 e. The normalized spacial score (nSPS) is 13.7. The van der Waals surface area contributed by atoms with Crippen molar-refractivity contribution >= 4 is 64.8 Å². The molecule has 11 heteroatoms. The van der Waals surface area contributed by atoms with E-state index in [-0.39, 0.29) is 37.5 Å². The van der Waals surface area contributed by atoms with Gasteiger partial charge in [0.1, 0.15) is 17.7 Å². The van der Waals surface area contributed by atoms with Crippen LogP contribution in [-0.2, 0) is 16.1 Å². The molecule has 38 heavy (non-hydrogen) atoms. The molecule has 0 radical (unpaired) electrons. The first-order chi connectivity index (χ1) is 17.3. The van der Waals surface area contributed by atoms with Crippen LogP contribution in [-0.4, -0.2) is 47.6 Å². The number of likely N-dealkylation sites (tertiary alicyclic amines) is 1. The van der Waals surface area contributed by atoms with E-state index in [0.29, 0.717) is 17.4 Å². The van der Waals surface area contributed by atoms with Gasteiger partial charge in [-0.3, -0.25) is 15.0 Å². The maximum atomic E-state index is 11.5. The van der Waals surface area contributed by atoms with Gasteiger partial charge in [0.15, 0.2) is 0 Å². The molecule has 3 aromatic rings. The fraction of sp³-hybridized carbons (Fsp3) is 0.259. The molecule has 3 aromatic carbocycles. The molecule has 1 heterocycles. The Morgan fingerprint density at radius 3 is 2.37 bits per heavy atom. The standard InChI is InChI=1S/C27H30N6O3.2ClH/c1-17(28)33-13-11-22(12-14-33)36-21-9-7-20(8-10-21)32-25(29)23-4-2-3-19-6-5-18(15-24(19)23)16-31-27(35)26(30)34;;/h2-10,15,22,28H,11-14,16H2,1H3,(H2,29,32)(H2,30,34)(H,31,35);2*1H. The Bertz CT molecular complexity index is 1320. The summed E-state index contributed by atoms with van der Waals surface area (Å²) in [6, 6.07) is 19.0. The number of hydrogen-bond acceptors (Lipinski definition) is 5. The van der Waals surface area contributed by atoms with E-state index in [2.05, 4.69) is 15.2 Å². The lowest BCUT2D eigenvalue weighted by Gasteiger charge is -2.32. The summed E-state index contributed by atoms with van der Waals surface area (Å²) in [4.78, 5) is 29.1. The number of halogens is 2. The summed E-state index contributed by atoms with van der Waals surface area (Å²) in [5.74, 6) is -0.103. The highest BCUT2D eigenvalue weighted by molar-refractivity contribution is 6.34. The van der Waals surface area contributed by atoms with Crippen molar-refractivity contribution in [1.29, 1.82) is 5.41 Å². The van der Waals surface area contributed by atoms with Gasteiger partial charge in [0.05, 0.1) is 11.5 Å². The molecule has 1 saturated heterocycles. The van der Waals surface area contributed by atoms with E-state index < -0.39 is 11.8 Å². The number of amides is 2. The third-order valence-corrected chi connectivity index (χ3v) is 6.20. The lowest BCUT2D eigenvalue weighted by Crippen LogP contribution is -2.40. The highest BCUT2D eigenvalue weighted by Gasteiger charge is 2.20. The fourth-order valence-corrected chi connectivity index (χ4v) is 4.22. The van der Waals surface area contributed by atoms with Gasteiger partial charge < -0.3 is 26.4 Å². The van der Waals surface area contributed by atoms with E-state index in [1.54, 1.807) is 0 Å². The number of nitrogens with two attached hydrogens (primary N) is 2. The predicted molar refractivity (Wildman–Crippen MR) is 155 cm³/mol. The Balaban J connectivity index is 0.00000253. The fourth-order valence-electron chi connectivity index (χ4n) is 4.22. The van der Waals surface area contributed by atoms with Crippen molar-refractivity contribution < 1.29 is 14.3 Å². The molecule has 1 aliphatic rings. The summed E-state index contributed by atoms with van der Waals surface area (Å²) < 4.78 is 6.12. The van der Waals surface area contributed by atoms with Gasteiger partial charge in [-0.2, -0.15) is 0 Å². The highest BCUT2D eigenvalue weighted by atomic mass is 35.5. The first-order valence-corrected chi connectivity index (χ1v) is 11.8. The Morgan fingerprint density at radius 2 is 1.74 bits per heavy atom. The Morgan fingerprint density at radius 1 is 1.05 bits per heavy atom. The second kappa shape index (κ2) is 13.6. The molecule has 0 spiro atoms. The van der Waals surface area contributed by atoms with Gasteiger partial charge in [-0.15, -0.1) is 24.8 Å². The van der Waals surface area contributed by atoms with Crippen molar-refractivity contribution in [2.75, 3.05) is 13.1 Å². The van der Waals surface area contributed by atoms with Crippen LogP contribution in [0.2, 0.25) is 0 Å². The molecule has 0 aromatic heterocycles. The maximum Gasteiger partial charge on any atom is 0.309 e. The number of nitrogens with one attached hydrogen (secondary N) is 2. The average molecular weight is 559 g/mol. The van der Waals surface area contributed by atoms with Crippen molar-refractivity contribution in [3.63, 3.8) is 0 Å². The molecule has 0 unspecified atom stereocenters. The van der Waals surface area contributed by atoms with E-state index >= 15 is 0 Å². The molecular formula is C27H32Cl2N6O3. The largest absolute Gasteiger partial charge is 0.490 e. The zero-order chi connectivity index (χ0) is 25.7. The Kier molecular flexibility index (Phi) is 10.9. The molecule has 1 aliphatic heterocycles. The van der Waals surface area contributed by atoms with Crippen LogP contribution in [0.3, 0.4) is 0 Å². The van der Waals surface area contributed by atoms with Gasteiger partial charge in [-0.05, 0) is 53.6 Å².